The summed E-state index contributed by atoms with van der Waals surface area (Å²) >= 11 is 0. The second-order valence-electron chi connectivity index (χ2n) is 5.68. The molecule has 3 N–H and O–H groups in total. The van der Waals surface area contributed by atoms with Crippen LogP contribution in [-0.4, -0.2) is 18.1 Å². The number of aliphatic hydroxyl groups is 1. The second kappa shape index (κ2) is 9.25. The molecule has 2 aromatic carbocycles. The van der Waals surface area contributed by atoms with Crippen LogP contribution in [0.1, 0.15) is 16.7 Å². The fourth-order valence-electron chi connectivity index (χ4n) is 2.29. The van der Waals surface area contributed by atoms with Gasteiger partial charge in [-0.25, -0.2) is 0 Å². The quantitative estimate of drug-likeness (QED) is 0.527. The first-order valence-corrected chi connectivity index (χ1v) is 8.05. The van der Waals surface area contributed by atoms with Crippen molar-refractivity contribution >= 4 is 11.6 Å². The van der Waals surface area contributed by atoms with Crippen LogP contribution in [0.15, 0.2) is 54.2 Å². The molecule has 0 fully saturated rings. The Labute approximate surface area is 152 Å². The Morgan fingerprint density at radius 3 is 2.54 bits per heavy atom. The fourth-order valence-corrected chi connectivity index (χ4v) is 2.29. The van der Waals surface area contributed by atoms with Gasteiger partial charge in [0.05, 0.1) is 19.4 Å². The van der Waals surface area contributed by atoms with Crippen molar-refractivity contribution in [1.29, 1.82) is 5.26 Å². The number of ether oxygens (including phenoxy) is 1. The van der Waals surface area contributed by atoms with Gasteiger partial charge in [-0.3, -0.25) is 4.79 Å². The minimum absolute atomic E-state index is 0.00517. The number of carbonyl (C=O) groups is 1. The van der Waals surface area contributed by atoms with Crippen molar-refractivity contribution in [2.45, 2.75) is 20.1 Å². The number of amides is 1. The number of benzene rings is 2. The van der Waals surface area contributed by atoms with Crippen LogP contribution in [0.5, 0.6) is 5.75 Å². The number of nitrogens with zero attached hydrogens (tertiary/aromatic N) is 1. The molecule has 0 spiro atoms. The van der Waals surface area contributed by atoms with Crippen LogP contribution in [0.2, 0.25) is 0 Å². The van der Waals surface area contributed by atoms with Crippen molar-refractivity contribution < 1.29 is 14.6 Å². The van der Waals surface area contributed by atoms with Crippen molar-refractivity contribution in [1.82, 2.24) is 5.32 Å². The Bertz CT molecular complexity index is 836. The average Bonchev–Trinajstić information content (AvgIpc) is 2.66. The van der Waals surface area contributed by atoms with E-state index in [0.717, 1.165) is 16.7 Å². The highest BCUT2D eigenvalue weighted by Crippen LogP contribution is 2.25. The van der Waals surface area contributed by atoms with E-state index in [4.69, 9.17) is 9.84 Å². The molecule has 0 unspecified atom stereocenters. The van der Waals surface area contributed by atoms with Crippen molar-refractivity contribution in [3.05, 3.63) is 70.9 Å². The third-order valence-corrected chi connectivity index (χ3v) is 3.73. The SMILES string of the molecule is COc1ccc(C)cc1NC(=O)/C(C#N)=C\NCc1ccc(CO)cc1. The first-order valence-electron chi connectivity index (χ1n) is 8.05. The summed E-state index contributed by atoms with van der Waals surface area (Å²) < 4.78 is 5.22. The van der Waals surface area contributed by atoms with E-state index in [1.165, 1.54) is 13.3 Å². The Hall–Kier alpha value is -3.30. The molecule has 0 radical (unpaired) electrons. The monoisotopic (exact) mass is 351 g/mol. The van der Waals surface area contributed by atoms with E-state index in [-0.39, 0.29) is 12.2 Å². The molecule has 26 heavy (non-hydrogen) atoms. The number of nitriles is 1. The van der Waals surface area contributed by atoms with Crippen LogP contribution in [-0.2, 0) is 17.9 Å². The highest BCUT2D eigenvalue weighted by atomic mass is 16.5. The van der Waals surface area contributed by atoms with Crippen molar-refractivity contribution in [2.75, 3.05) is 12.4 Å². The van der Waals surface area contributed by atoms with Crippen LogP contribution in [0.25, 0.3) is 0 Å². The lowest BCUT2D eigenvalue weighted by atomic mass is 10.1. The van der Waals surface area contributed by atoms with E-state index in [1.54, 1.807) is 12.1 Å². The van der Waals surface area contributed by atoms with Gasteiger partial charge in [0.1, 0.15) is 17.4 Å². The second-order valence-corrected chi connectivity index (χ2v) is 5.68. The fraction of sp³-hybridized carbons (Fsp3) is 0.200. The lowest BCUT2D eigenvalue weighted by Gasteiger charge is -2.10. The van der Waals surface area contributed by atoms with Crippen LogP contribution in [0.3, 0.4) is 0 Å². The van der Waals surface area contributed by atoms with Crippen molar-refractivity contribution in [2.24, 2.45) is 0 Å². The predicted octanol–water partition coefficient (Wildman–Crippen LogP) is 2.63. The summed E-state index contributed by atoms with van der Waals surface area (Å²) in [5.74, 6) is 0.0118. The molecule has 0 aliphatic rings. The lowest BCUT2D eigenvalue weighted by Crippen LogP contribution is -2.17. The van der Waals surface area contributed by atoms with Gasteiger partial charge < -0.3 is 20.5 Å². The van der Waals surface area contributed by atoms with Crippen LogP contribution in [0, 0.1) is 18.3 Å². The first-order chi connectivity index (χ1) is 12.6. The zero-order valence-electron chi connectivity index (χ0n) is 14.7. The molecule has 0 aliphatic carbocycles. The van der Waals surface area contributed by atoms with Crippen molar-refractivity contribution in [3.8, 4) is 11.8 Å². The number of hydrogen-bond donors (Lipinski definition) is 3. The zero-order chi connectivity index (χ0) is 18.9. The van der Waals surface area contributed by atoms with Gasteiger partial charge in [-0.1, -0.05) is 30.3 Å². The molecule has 0 saturated heterocycles. The Morgan fingerprint density at radius 2 is 1.92 bits per heavy atom. The number of anilines is 1. The van der Waals surface area contributed by atoms with Gasteiger partial charge in [-0.2, -0.15) is 5.26 Å². The minimum atomic E-state index is -0.514. The molecule has 2 rings (SSSR count). The molecule has 0 bridgehead atoms. The molecule has 2 aromatic rings. The maximum Gasteiger partial charge on any atom is 0.267 e. The summed E-state index contributed by atoms with van der Waals surface area (Å²) in [5, 5.41) is 23.9. The number of carbonyl (C=O) groups excluding carboxylic acids is 1. The van der Waals surface area contributed by atoms with Crippen LogP contribution >= 0.6 is 0 Å². The molecular weight excluding hydrogens is 330 g/mol. The van der Waals surface area contributed by atoms with Gasteiger partial charge in [0, 0.05) is 12.7 Å². The molecule has 6 nitrogen and oxygen atoms in total. The van der Waals surface area contributed by atoms with Crippen molar-refractivity contribution in [3.63, 3.8) is 0 Å². The maximum atomic E-state index is 12.3. The zero-order valence-corrected chi connectivity index (χ0v) is 14.7. The highest BCUT2D eigenvalue weighted by molar-refractivity contribution is 6.07. The first kappa shape index (κ1) is 19.0. The number of nitrogens with one attached hydrogen (secondary N) is 2. The molecule has 0 aliphatic heterocycles. The van der Waals surface area contributed by atoms with Gasteiger partial charge in [-0.15, -0.1) is 0 Å². The molecule has 0 aromatic heterocycles. The Kier molecular flexibility index (Phi) is 6.77. The molecule has 1 amide bonds. The minimum Gasteiger partial charge on any atom is -0.495 e. The Balaban J connectivity index is 2.02. The summed E-state index contributed by atoms with van der Waals surface area (Å²) in [6.07, 6.45) is 1.39. The number of aliphatic hydroxyl groups excluding tert-OH is 1. The molecule has 0 saturated carbocycles. The van der Waals surface area contributed by atoms with Gasteiger partial charge >= 0.3 is 0 Å². The van der Waals surface area contributed by atoms with Crippen LogP contribution in [0.4, 0.5) is 5.69 Å². The normalized spacial score (nSPS) is 10.8. The molecule has 134 valence electrons. The molecule has 0 atom stereocenters. The third-order valence-electron chi connectivity index (χ3n) is 3.73. The number of rotatable bonds is 7. The van der Waals surface area contributed by atoms with E-state index >= 15 is 0 Å². The van der Waals surface area contributed by atoms with E-state index in [2.05, 4.69) is 10.6 Å². The highest BCUT2D eigenvalue weighted by Gasteiger charge is 2.12. The average molecular weight is 351 g/mol. The summed E-state index contributed by atoms with van der Waals surface area (Å²) in [7, 11) is 1.52. The van der Waals surface area contributed by atoms with Gasteiger partial charge in [0.25, 0.3) is 5.91 Å². The van der Waals surface area contributed by atoms with E-state index < -0.39 is 5.91 Å². The standard InChI is InChI=1S/C20H21N3O3/c1-14-3-8-19(26-2)18(9-14)23-20(25)17(10-21)12-22-11-15-4-6-16(13-24)7-5-15/h3-9,12,22,24H,11,13H2,1-2H3,(H,23,25)/b17-12-. The Morgan fingerprint density at radius 1 is 1.23 bits per heavy atom. The molecular formula is C20H21N3O3. The largest absolute Gasteiger partial charge is 0.495 e. The van der Waals surface area contributed by atoms with Gasteiger partial charge in [-0.05, 0) is 35.7 Å². The number of methoxy groups -OCH3 is 1. The van der Waals surface area contributed by atoms with E-state index in [1.807, 2.05) is 43.3 Å². The maximum absolute atomic E-state index is 12.3. The number of hydrogen-bond acceptors (Lipinski definition) is 5. The number of aryl methyl sites for hydroxylation is 1. The molecule has 6 heteroatoms. The summed E-state index contributed by atoms with van der Waals surface area (Å²) in [5.41, 5.74) is 3.23. The lowest BCUT2D eigenvalue weighted by molar-refractivity contribution is -0.112. The van der Waals surface area contributed by atoms with E-state index in [0.29, 0.717) is 18.0 Å². The third kappa shape index (κ3) is 5.10. The summed E-state index contributed by atoms with van der Waals surface area (Å²) in [6.45, 7) is 2.35. The van der Waals surface area contributed by atoms with Crippen LogP contribution < -0.4 is 15.4 Å². The molecule has 0 heterocycles. The van der Waals surface area contributed by atoms with Gasteiger partial charge in [0.15, 0.2) is 0 Å². The summed E-state index contributed by atoms with van der Waals surface area (Å²) in [4.78, 5) is 12.3. The predicted molar refractivity (Wildman–Crippen MR) is 99.3 cm³/mol. The van der Waals surface area contributed by atoms with E-state index in [9.17, 15) is 10.1 Å². The summed E-state index contributed by atoms with van der Waals surface area (Å²) in [6, 6.07) is 14.7. The topological polar surface area (TPSA) is 94.4 Å². The smallest absolute Gasteiger partial charge is 0.267 e. The van der Waals surface area contributed by atoms with Gasteiger partial charge in [0.2, 0.25) is 0 Å².